The third-order valence-electron chi connectivity index (χ3n) is 4.55. The molecular weight excluding hydrogens is 337 g/mol. The first kappa shape index (κ1) is 17.8. The van der Waals surface area contributed by atoms with Gasteiger partial charge >= 0.3 is 6.18 Å². The number of aryl methyl sites for hydroxylation is 1. The maximum Gasteiger partial charge on any atom is 0.408 e. The maximum absolute atomic E-state index is 13.2. The Labute approximate surface area is 143 Å². The van der Waals surface area contributed by atoms with Crippen LogP contribution in [-0.2, 0) is 11.2 Å². The van der Waals surface area contributed by atoms with Crippen molar-refractivity contribution in [3.63, 3.8) is 0 Å². The number of amides is 1. The Bertz CT molecular complexity index is 636. The van der Waals surface area contributed by atoms with E-state index in [4.69, 9.17) is 15.2 Å². The molecule has 5 nitrogen and oxygen atoms in total. The maximum atomic E-state index is 13.2. The Balaban J connectivity index is 1.64. The van der Waals surface area contributed by atoms with Crippen LogP contribution < -0.4 is 15.2 Å². The molecule has 0 aromatic heterocycles. The molecule has 2 aliphatic rings. The summed E-state index contributed by atoms with van der Waals surface area (Å²) in [6.07, 6.45) is -3.95. The van der Waals surface area contributed by atoms with E-state index in [0.717, 1.165) is 10.5 Å². The van der Waals surface area contributed by atoms with Crippen molar-refractivity contribution in [1.29, 1.82) is 0 Å². The Hall–Kier alpha value is -1.96. The molecule has 2 aliphatic heterocycles. The molecule has 3 rings (SSSR count). The first-order valence-electron chi connectivity index (χ1n) is 8.35. The van der Waals surface area contributed by atoms with Crippen molar-refractivity contribution >= 4 is 5.91 Å². The lowest BCUT2D eigenvalue weighted by Gasteiger charge is -2.39. The lowest BCUT2D eigenvalue weighted by molar-refractivity contribution is -0.196. The molecule has 0 spiro atoms. The van der Waals surface area contributed by atoms with E-state index in [1.54, 1.807) is 18.2 Å². The molecule has 25 heavy (non-hydrogen) atoms. The number of ether oxygens (including phenoxy) is 2. The fourth-order valence-electron chi connectivity index (χ4n) is 3.25. The molecule has 0 bridgehead atoms. The molecule has 138 valence electrons. The van der Waals surface area contributed by atoms with Crippen LogP contribution in [0.5, 0.6) is 11.5 Å². The summed E-state index contributed by atoms with van der Waals surface area (Å²) < 4.78 is 50.4. The van der Waals surface area contributed by atoms with E-state index in [0.29, 0.717) is 31.1 Å². The molecule has 0 aliphatic carbocycles. The SMILES string of the molecule is N[C@H]1CC[C@H](C(F)(F)F)N(C(=O)CCc2ccc3c(c2)OCCO3)C1. The lowest BCUT2D eigenvalue weighted by Crippen LogP contribution is -2.56. The molecule has 1 amide bonds. The van der Waals surface area contributed by atoms with Crippen LogP contribution in [-0.4, -0.2) is 48.8 Å². The number of nitrogens with two attached hydrogens (primary N) is 1. The van der Waals surface area contributed by atoms with Crippen molar-refractivity contribution in [2.24, 2.45) is 5.73 Å². The quantitative estimate of drug-likeness (QED) is 0.900. The molecule has 2 heterocycles. The zero-order chi connectivity index (χ0) is 18.0. The van der Waals surface area contributed by atoms with Gasteiger partial charge in [0.25, 0.3) is 0 Å². The molecule has 1 saturated heterocycles. The summed E-state index contributed by atoms with van der Waals surface area (Å²) in [5.41, 5.74) is 6.58. The molecule has 2 N–H and O–H groups in total. The van der Waals surface area contributed by atoms with Crippen molar-refractivity contribution in [3.8, 4) is 11.5 Å². The topological polar surface area (TPSA) is 64.8 Å². The van der Waals surface area contributed by atoms with Crippen LogP contribution in [0.3, 0.4) is 0 Å². The van der Waals surface area contributed by atoms with Crippen LogP contribution in [0.1, 0.15) is 24.8 Å². The van der Waals surface area contributed by atoms with Gasteiger partial charge in [0.2, 0.25) is 5.91 Å². The van der Waals surface area contributed by atoms with E-state index in [1.165, 1.54) is 0 Å². The van der Waals surface area contributed by atoms with Crippen molar-refractivity contribution in [2.45, 2.75) is 43.9 Å². The molecule has 0 unspecified atom stereocenters. The van der Waals surface area contributed by atoms with Gasteiger partial charge in [-0.1, -0.05) is 6.07 Å². The van der Waals surface area contributed by atoms with Crippen LogP contribution in [0.2, 0.25) is 0 Å². The number of carbonyl (C=O) groups is 1. The zero-order valence-corrected chi connectivity index (χ0v) is 13.7. The number of rotatable bonds is 3. The number of fused-ring (bicyclic) bond motifs is 1. The van der Waals surface area contributed by atoms with E-state index >= 15 is 0 Å². The minimum atomic E-state index is -4.42. The summed E-state index contributed by atoms with van der Waals surface area (Å²) in [4.78, 5) is 13.3. The van der Waals surface area contributed by atoms with Gasteiger partial charge in [-0.05, 0) is 37.0 Å². The van der Waals surface area contributed by atoms with Crippen LogP contribution >= 0.6 is 0 Å². The number of alkyl halides is 3. The predicted octanol–water partition coefficient (Wildman–Crippen LogP) is 2.27. The number of hydrogen-bond acceptors (Lipinski definition) is 4. The normalized spacial score (nSPS) is 23.4. The van der Waals surface area contributed by atoms with Crippen molar-refractivity contribution < 1.29 is 27.4 Å². The lowest BCUT2D eigenvalue weighted by atomic mass is 9.97. The highest BCUT2D eigenvalue weighted by Crippen LogP contribution is 2.33. The standard InChI is InChI=1S/C17H21F3N2O3/c18-17(19,20)15-5-3-12(21)10-22(15)16(23)6-2-11-1-4-13-14(9-11)25-8-7-24-13/h1,4,9,12,15H,2-3,5-8,10,21H2/t12-,15+/m0/s1. The number of nitrogens with zero attached hydrogens (tertiary/aromatic N) is 1. The summed E-state index contributed by atoms with van der Waals surface area (Å²) >= 11 is 0. The van der Waals surface area contributed by atoms with Gasteiger partial charge in [0, 0.05) is 19.0 Å². The number of carbonyl (C=O) groups excluding carboxylic acids is 1. The van der Waals surface area contributed by atoms with Gasteiger partial charge < -0.3 is 20.1 Å². The Morgan fingerprint density at radius 1 is 1.20 bits per heavy atom. The van der Waals surface area contributed by atoms with Crippen LogP contribution in [0.15, 0.2) is 18.2 Å². The number of benzene rings is 1. The van der Waals surface area contributed by atoms with E-state index < -0.39 is 24.2 Å². The molecule has 1 fully saturated rings. The molecule has 8 heteroatoms. The summed E-state index contributed by atoms with van der Waals surface area (Å²) in [5.74, 6) is 0.720. The third-order valence-corrected chi connectivity index (χ3v) is 4.55. The average molecular weight is 358 g/mol. The third kappa shape index (κ3) is 4.18. The van der Waals surface area contributed by atoms with E-state index in [1.807, 2.05) is 0 Å². The van der Waals surface area contributed by atoms with Crippen molar-refractivity contribution in [3.05, 3.63) is 23.8 Å². The smallest absolute Gasteiger partial charge is 0.408 e. The highest BCUT2D eigenvalue weighted by Gasteiger charge is 2.47. The van der Waals surface area contributed by atoms with Gasteiger partial charge in [0.1, 0.15) is 19.3 Å². The predicted molar refractivity (Wildman–Crippen MR) is 84.5 cm³/mol. The number of likely N-dealkylation sites (tertiary alicyclic amines) is 1. The fourth-order valence-corrected chi connectivity index (χ4v) is 3.25. The minimum absolute atomic E-state index is 0.00105. The van der Waals surface area contributed by atoms with Crippen molar-refractivity contribution in [1.82, 2.24) is 4.90 Å². The second-order valence-corrected chi connectivity index (χ2v) is 6.42. The van der Waals surface area contributed by atoms with Crippen LogP contribution in [0, 0.1) is 0 Å². The summed E-state index contributed by atoms with van der Waals surface area (Å²) in [5, 5.41) is 0. The van der Waals surface area contributed by atoms with Gasteiger partial charge in [0.15, 0.2) is 11.5 Å². The molecule has 0 saturated carbocycles. The highest BCUT2D eigenvalue weighted by molar-refractivity contribution is 5.77. The van der Waals surface area contributed by atoms with Crippen molar-refractivity contribution in [2.75, 3.05) is 19.8 Å². The van der Waals surface area contributed by atoms with Gasteiger partial charge in [0.05, 0.1) is 0 Å². The van der Waals surface area contributed by atoms with Crippen LogP contribution in [0.25, 0.3) is 0 Å². The average Bonchev–Trinajstić information content (AvgIpc) is 2.58. The molecule has 0 radical (unpaired) electrons. The van der Waals surface area contributed by atoms with E-state index in [9.17, 15) is 18.0 Å². The van der Waals surface area contributed by atoms with Gasteiger partial charge in [-0.3, -0.25) is 4.79 Å². The number of hydrogen-bond donors (Lipinski definition) is 1. The molecular formula is C17H21F3N2O3. The zero-order valence-electron chi connectivity index (χ0n) is 13.7. The van der Waals surface area contributed by atoms with Gasteiger partial charge in [-0.25, -0.2) is 0 Å². The molecule has 1 aromatic carbocycles. The number of piperidine rings is 1. The van der Waals surface area contributed by atoms with E-state index in [-0.39, 0.29) is 25.8 Å². The second-order valence-electron chi connectivity index (χ2n) is 6.42. The fraction of sp³-hybridized carbons (Fsp3) is 0.588. The molecule has 2 atom stereocenters. The Morgan fingerprint density at radius 3 is 2.64 bits per heavy atom. The second kappa shape index (κ2) is 7.11. The first-order valence-corrected chi connectivity index (χ1v) is 8.35. The minimum Gasteiger partial charge on any atom is -0.486 e. The Morgan fingerprint density at radius 2 is 1.92 bits per heavy atom. The van der Waals surface area contributed by atoms with Gasteiger partial charge in [-0.2, -0.15) is 13.2 Å². The summed E-state index contributed by atoms with van der Waals surface area (Å²) in [6.45, 7) is 0.886. The largest absolute Gasteiger partial charge is 0.486 e. The monoisotopic (exact) mass is 358 g/mol. The number of halogens is 3. The summed E-state index contributed by atoms with van der Waals surface area (Å²) in [6, 6.07) is 3.18. The van der Waals surface area contributed by atoms with E-state index in [2.05, 4.69) is 0 Å². The summed E-state index contributed by atoms with van der Waals surface area (Å²) in [7, 11) is 0. The van der Waals surface area contributed by atoms with Gasteiger partial charge in [-0.15, -0.1) is 0 Å². The van der Waals surface area contributed by atoms with Crippen LogP contribution in [0.4, 0.5) is 13.2 Å². The first-order chi connectivity index (χ1) is 11.8. The highest BCUT2D eigenvalue weighted by atomic mass is 19.4. The Kier molecular flexibility index (Phi) is 5.08. The molecule has 1 aromatic rings.